The summed E-state index contributed by atoms with van der Waals surface area (Å²) in [6.07, 6.45) is -20.0. The third-order valence-electron chi connectivity index (χ3n) is 24.9. The maximum Gasteiger partial charge on any atom is 0.397 e. The van der Waals surface area contributed by atoms with Gasteiger partial charge in [-0.15, -0.1) is 0 Å². The number of carbonyl (C=O) groups is 12. The molecule has 24 nitrogen and oxygen atoms in total. The van der Waals surface area contributed by atoms with E-state index in [-0.39, 0.29) is 76.7 Å². The van der Waals surface area contributed by atoms with Gasteiger partial charge in [-0.3, -0.25) is 57.5 Å². The topological polar surface area (TPSA) is 270 Å². The van der Waals surface area contributed by atoms with Gasteiger partial charge in [0.05, 0.1) is 31.3 Å². The normalized spacial score (nSPS) is 32.7. The summed E-state index contributed by atoms with van der Waals surface area (Å²) in [7, 11) is 10.4. The summed E-state index contributed by atoms with van der Waals surface area (Å²) in [6.45, 7) is 3.69. The molecule has 5 saturated carbocycles. The van der Waals surface area contributed by atoms with Crippen molar-refractivity contribution in [1.82, 2.24) is 60.0 Å². The van der Waals surface area contributed by atoms with Crippen molar-refractivity contribution < 1.29 is 106 Å². The summed E-state index contributed by atoms with van der Waals surface area (Å²) in [6, 6.07) is -12.8. The van der Waals surface area contributed by atoms with Gasteiger partial charge in [0.1, 0.15) is 72.1 Å². The standard InChI is InChI=1S/C76H113F11N12O12/c1-13-42(2)61-69(109)93(8)39-59(102)94(9)52-21-15-14-18-30-98(68(52)108)56(34-44-24-27-47(28-25-44)74(79,80)81)67(107)92(7)38-57(100)88-51(29-26-45-31-49(77)60(50(78)32-45)76(85,86)87)65(105)99-37-48(75(82,83)84)35-54(99)64(104)90-73(40-72(3,4)41-73)71(111)97(12)62(46-19-16-17-20-46)70(110)96(11)55(66(106)91(5)6)36-58(101)95(10)53(63(103)89-61)33-43-22-23-43/h14-15,42-56,60-62H,13,16-41H2,1-12H3,(H,88,100)(H,89,103)(H,90,104)/b15-14-/t42-,44?,45?,47?,48+,49?,50?,51-,52-,53-,54-,55-,56-,60?,61-,62-/m0/s1. The molecule has 2 unspecified atom stereocenters. The van der Waals surface area contributed by atoms with Crippen LogP contribution < -0.4 is 16.0 Å². The second-order valence-electron chi connectivity index (χ2n) is 34.0. The van der Waals surface area contributed by atoms with Crippen molar-refractivity contribution in [1.29, 1.82) is 0 Å². The van der Waals surface area contributed by atoms with Gasteiger partial charge in [-0.05, 0) is 144 Å². The largest absolute Gasteiger partial charge is 0.397 e. The number of nitrogens with zero attached hydrogens (tertiary/aromatic N) is 9. The van der Waals surface area contributed by atoms with Gasteiger partial charge >= 0.3 is 18.5 Å². The molecule has 3 heterocycles. The number of likely N-dealkylation sites (N-methyl/N-ethyl adjacent to an activating group) is 7. The van der Waals surface area contributed by atoms with E-state index in [0.717, 1.165) is 46.2 Å². The Hall–Kier alpha value is -7.39. The van der Waals surface area contributed by atoms with Crippen molar-refractivity contribution in [2.45, 2.75) is 260 Å². The average molecular weight is 1600 g/mol. The fourth-order valence-corrected chi connectivity index (χ4v) is 18.1. The van der Waals surface area contributed by atoms with Crippen molar-refractivity contribution in [3.63, 3.8) is 0 Å². The van der Waals surface area contributed by atoms with Crippen molar-refractivity contribution in [2.75, 3.05) is 82.6 Å². The highest BCUT2D eigenvalue weighted by atomic mass is 19.4. The Morgan fingerprint density at radius 3 is 1.69 bits per heavy atom. The minimum Gasteiger partial charge on any atom is -0.347 e. The molecule has 3 aliphatic heterocycles. The van der Waals surface area contributed by atoms with Crippen molar-refractivity contribution in [3.8, 4) is 0 Å². The van der Waals surface area contributed by atoms with E-state index in [9.17, 15) is 55.1 Å². The van der Waals surface area contributed by atoms with E-state index in [1.807, 2.05) is 0 Å². The monoisotopic (exact) mass is 1590 g/mol. The Morgan fingerprint density at radius 1 is 0.586 bits per heavy atom. The first-order valence-corrected chi connectivity index (χ1v) is 39.0. The second kappa shape index (κ2) is 36.0. The quantitative estimate of drug-likeness (QED) is 0.134. The molecule has 3 N–H and O–H groups in total. The summed E-state index contributed by atoms with van der Waals surface area (Å²) < 4.78 is 161. The maximum atomic E-state index is 15.7. The molecule has 8 rings (SSSR count). The van der Waals surface area contributed by atoms with Gasteiger partial charge in [0, 0.05) is 69.5 Å². The Morgan fingerprint density at radius 2 is 1.15 bits per heavy atom. The van der Waals surface area contributed by atoms with Crippen LogP contribution in [0.1, 0.15) is 175 Å². The third kappa shape index (κ3) is 21.3. The number of alkyl halides is 11. The number of fused-ring (bicyclic) bond motifs is 3. The van der Waals surface area contributed by atoms with Crippen molar-refractivity contribution in [2.24, 2.45) is 52.8 Å². The highest BCUT2D eigenvalue weighted by molar-refractivity contribution is 6.01. The van der Waals surface area contributed by atoms with E-state index in [2.05, 4.69) is 16.0 Å². The fourth-order valence-electron chi connectivity index (χ4n) is 18.1. The van der Waals surface area contributed by atoms with E-state index >= 15 is 50.7 Å². The van der Waals surface area contributed by atoms with E-state index in [1.165, 1.54) is 49.3 Å². The number of hydrogen-bond acceptors (Lipinski definition) is 12. The zero-order chi connectivity index (χ0) is 82.6. The van der Waals surface area contributed by atoms with Crippen LogP contribution in [0.3, 0.4) is 0 Å². The molecule has 0 aromatic rings. The molecular weight excluding hydrogens is 1480 g/mol. The number of halogens is 11. The highest BCUT2D eigenvalue weighted by Crippen LogP contribution is 2.51. The number of amides is 12. The molecule has 626 valence electrons. The van der Waals surface area contributed by atoms with Crippen LogP contribution in [0.5, 0.6) is 0 Å². The zero-order valence-electron chi connectivity index (χ0n) is 65.7. The molecule has 111 heavy (non-hydrogen) atoms. The van der Waals surface area contributed by atoms with E-state index < -0.39 is 261 Å². The fraction of sp³-hybridized carbons (Fsp3) is 0.816. The third-order valence-corrected chi connectivity index (χ3v) is 24.9. The Labute approximate surface area is 642 Å². The lowest BCUT2D eigenvalue weighted by Gasteiger charge is -2.54. The highest BCUT2D eigenvalue weighted by Gasteiger charge is 2.61. The van der Waals surface area contributed by atoms with Crippen LogP contribution in [0.4, 0.5) is 48.3 Å². The molecular formula is C76H113F11N12O12. The van der Waals surface area contributed by atoms with Gasteiger partial charge in [-0.2, -0.15) is 39.5 Å². The lowest BCUT2D eigenvalue weighted by atomic mass is 9.58. The van der Waals surface area contributed by atoms with Gasteiger partial charge < -0.3 is 60.0 Å². The molecule has 7 fully saturated rings. The molecule has 8 aliphatic rings. The Bertz CT molecular complexity index is 3420. The van der Waals surface area contributed by atoms with Crippen molar-refractivity contribution >= 4 is 70.9 Å². The molecule has 0 aromatic heterocycles. The van der Waals surface area contributed by atoms with E-state index in [0.29, 0.717) is 49.8 Å². The summed E-state index contributed by atoms with van der Waals surface area (Å²) >= 11 is 0. The Balaban J connectivity index is 1.22. The van der Waals surface area contributed by atoms with Crippen LogP contribution in [-0.2, 0) is 57.5 Å². The molecule has 5 aliphatic carbocycles. The summed E-state index contributed by atoms with van der Waals surface area (Å²) in [5, 5.41) is 7.94. The van der Waals surface area contributed by atoms with Gasteiger partial charge in [0.2, 0.25) is 70.9 Å². The minimum atomic E-state index is -5.31. The predicted octanol–water partition coefficient (Wildman–Crippen LogP) is 7.51. The number of nitrogens with one attached hydrogen (secondary N) is 3. The lowest BCUT2D eigenvalue weighted by Crippen LogP contribution is -2.71. The van der Waals surface area contributed by atoms with Gasteiger partial charge in [0.15, 0.2) is 0 Å². The number of carbonyl (C=O) groups excluding carboxylic acids is 12. The summed E-state index contributed by atoms with van der Waals surface area (Å²) in [5.74, 6) is -21.6. The second-order valence-corrected chi connectivity index (χ2v) is 34.0. The zero-order valence-corrected chi connectivity index (χ0v) is 65.7. The maximum absolute atomic E-state index is 15.7. The minimum absolute atomic E-state index is 0.0397. The first-order chi connectivity index (χ1) is 51.6. The molecule has 1 spiro atoms. The number of hydrogen-bond donors (Lipinski definition) is 3. The lowest BCUT2D eigenvalue weighted by molar-refractivity contribution is -0.219. The molecule has 0 aromatic carbocycles. The van der Waals surface area contributed by atoms with Crippen LogP contribution in [0, 0.1) is 52.8 Å². The van der Waals surface area contributed by atoms with Crippen LogP contribution in [0.2, 0.25) is 0 Å². The Kier molecular flexibility index (Phi) is 28.9. The van der Waals surface area contributed by atoms with E-state index in [4.69, 9.17) is 0 Å². The van der Waals surface area contributed by atoms with Crippen LogP contribution in [0.25, 0.3) is 0 Å². The first kappa shape index (κ1) is 89.2. The average Bonchev–Trinajstić information content (AvgIpc) is 1.66. The number of rotatable bonds is 11. The van der Waals surface area contributed by atoms with Crippen LogP contribution in [-0.4, -0.2) is 282 Å². The van der Waals surface area contributed by atoms with Gasteiger partial charge in [0.25, 0.3) is 0 Å². The summed E-state index contributed by atoms with van der Waals surface area (Å²) in [4.78, 5) is 190. The van der Waals surface area contributed by atoms with Crippen LogP contribution >= 0.6 is 0 Å². The molecule has 2 saturated heterocycles. The van der Waals surface area contributed by atoms with Gasteiger partial charge in [-0.25, -0.2) is 8.78 Å². The smallest absolute Gasteiger partial charge is 0.347 e. The first-order valence-electron chi connectivity index (χ1n) is 39.0. The van der Waals surface area contributed by atoms with Crippen LogP contribution in [0.15, 0.2) is 12.2 Å². The molecule has 2 bridgehead atoms. The molecule has 0 radical (unpaired) electrons. The van der Waals surface area contributed by atoms with Crippen molar-refractivity contribution in [3.05, 3.63) is 12.2 Å². The summed E-state index contributed by atoms with van der Waals surface area (Å²) in [5.41, 5.74) is -2.79. The van der Waals surface area contributed by atoms with Gasteiger partial charge in [-0.1, -0.05) is 72.0 Å². The molecule has 12 amide bonds. The van der Waals surface area contributed by atoms with E-state index in [1.54, 1.807) is 39.8 Å². The molecule has 35 heteroatoms. The predicted molar refractivity (Wildman–Crippen MR) is 382 cm³/mol. The SMILES string of the molecule is CC[C@H](C)[C@@H]1NC(=O)[C@H](CC2CC2)N(C)C(=O)C[C@@H](C(=O)N(C)C)N(C)C(=O)[C@H](C2CCCC2)N(C)C(=O)C2(CC(C)(C)C2)NC(=O)[C@@H]2C[C@@H](C(F)(F)F)CN2C(=O)[C@H](CCC2CC(F)C(C(F)(F)F)C(F)C2)NC(=O)CN(C)C(=O)[C@H](CC2CCC(C(F)(F)F)CC2)N2CC/C=C\C[C@@H](C2=O)N(C)C(=O)CN(C)C1=O. The molecule has 12 atom stereocenters.